The number of hydrogen-bond donors (Lipinski definition) is 0. The molecule has 2 atom stereocenters. The minimum Gasteiger partial charge on any atom is -0.497 e. The van der Waals surface area contributed by atoms with Crippen LogP contribution >= 0.6 is 15.9 Å². The van der Waals surface area contributed by atoms with E-state index >= 15 is 0 Å². The zero-order valence-electron chi connectivity index (χ0n) is 14.0. The second kappa shape index (κ2) is 6.72. The molecule has 1 heterocycles. The molecule has 1 aliphatic rings. The van der Waals surface area contributed by atoms with Gasteiger partial charge in [-0.25, -0.2) is 9.07 Å². The maximum absolute atomic E-state index is 13.3. The Balaban J connectivity index is 1.76. The average molecular weight is 419 g/mol. The molecule has 0 radical (unpaired) electrons. The molecule has 0 aliphatic heterocycles. The van der Waals surface area contributed by atoms with E-state index in [-0.39, 0.29) is 18.0 Å². The Bertz CT molecular complexity index is 1020. The van der Waals surface area contributed by atoms with E-state index in [0.29, 0.717) is 17.2 Å². The molecule has 1 unspecified atom stereocenters. The Morgan fingerprint density at radius 1 is 1.23 bits per heavy atom. The first-order valence-electron chi connectivity index (χ1n) is 8.19. The predicted molar refractivity (Wildman–Crippen MR) is 99.7 cm³/mol. The molecule has 0 N–H and O–H groups in total. The fraction of sp³-hybridized carbons (Fsp3) is 0.263. The van der Waals surface area contributed by atoms with E-state index in [0.717, 1.165) is 15.8 Å². The lowest BCUT2D eigenvalue weighted by Crippen LogP contribution is -2.25. The first-order chi connectivity index (χ1) is 12.5. The Kier molecular flexibility index (Phi) is 4.40. The van der Waals surface area contributed by atoms with Gasteiger partial charge in [-0.2, -0.15) is 0 Å². The van der Waals surface area contributed by atoms with Gasteiger partial charge in [0.1, 0.15) is 18.0 Å². The minimum atomic E-state index is -0.971. The third-order valence-corrected chi connectivity index (χ3v) is 4.79. The molecule has 134 valence electrons. The van der Waals surface area contributed by atoms with Crippen LogP contribution in [-0.2, 0) is 6.54 Å². The van der Waals surface area contributed by atoms with E-state index in [9.17, 15) is 9.18 Å². The number of methoxy groups -OCH3 is 1. The average Bonchev–Trinajstić information content (AvgIpc) is 3.34. The van der Waals surface area contributed by atoms with Crippen molar-refractivity contribution in [1.82, 2.24) is 9.78 Å². The fourth-order valence-electron chi connectivity index (χ4n) is 2.73. The molecule has 0 saturated heterocycles. The van der Waals surface area contributed by atoms with Crippen molar-refractivity contribution in [2.75, 3.05) is 7.11 Å². The number of nitrogens with zero attached hydrogens (tertiary/aromatic N) is 2. The number of fused-ring (bicyclic) bond motifs is 1. The van der Waals surface area contributed by atoms with Crippen LogP contribution in [0.4, 0.5) is 4.39 Å². The molecular weight excluding hydrogens is 403 g/mol. The molecule has 0 amide bonds. The number of aromatic nitrogens is 2. The van der Waals surface area contributed by atoms with Crippen molar-refractivity contribution in [2.45, 2.75) is 25.2 Å². The maximum Gasteiger partial charge on any atom is 0.275 e. The molecule has 2 aromatic carbocycles. The molecular formula is C19H16BrFN2O3. The van der Waals surface area contributed by atoms with Gasteiger partial charge in [0.15, 0.2) is 0 Å². The van der Waals surface area contributed by atoms with Crippen LogP contribution in [0.5, 0.6) is 11.6 Å². The summed E-state index contributed by atoms with van der Waals surface area (Å²) in [4.78, 5) is 12.8. The van der Waals surface area contributed by atoms with Crippen LogP contribution in [-0.4, -0.2) is 29.2 Å². The lowest BCUT2D eigenvalue weighted by molar-refractivity contribution is 0.248. The molecule has 3 aromatic rings. The molecule has 26 heavy (non-hydrogen) atoms. The molecule has 5 nitrogen and oxygen atoms in total. The molecule has 0 bridgehead atoms. The van der Waals surface area contributed by atoms with Crippen LogP contribution in [0.2, 0.25) is 0 Å². The summed E-state index contributed by atoms with van der Waals surface area (Å²) < 4.78 is 26.3. The van der Waals surface area contributed by atoms with Gasteiger partial charge in [0, 0.05) is 10.9 Å². The second-order valence-electron chi connectivity index (χ2n) is 6.21. The fourth-order valence-corrected chi connectivity index (χ4v) is 3.10. The van der Waals surface area contributed by atoms with Crippen molar-refractivity contribution in [1.29, 1.82) is 0 Å². The summed E-state index contributed by atoms with van der Waals surface area (Å²) in [7, 11) is 1.60. The van der Waals surface area contributed by atoms with Crippen molar-refractivity contribution < 1.29 is 13.9 Å². The quantitative estimate of drug-likeness (QED) is 0.633. The Hall–Kier alpha value is -2.41. The van der Waals surface area contributed by atoms with Gasteiger partial charge in [0.2, 0.25) is 5.88 Å². The Morgan fingerprint density at radius 2 is 1.96 bits per heavy atom. The highest BCUT2D eigenvalue weighted by atomic mass is 79.9. The van der Waals surface area contributed by atoms with E-state index in [2.05, 4.69) is 21.0 Å². The normalized spacial score (nSPS) is 18.7. The zero-order valence-corrected chi connectivity index (χ0v) is 15.6. The number of hydrogen-bond acceptors (Lipinski definition) is 4. The summed E-state index contributed by atoms with van der Waals surface area (Å²) in [6.45, 7) is 0.287. The van der Waals surface area contributed by atoms with Gasteiger partial charge >= 0.3 is 0 Å². The maximum atomic E-state index is 13.3. The van der Waals surface area contributed by atoms with Crippen LogP contribution in [0.15, 0.2) is 51.7 Å². The van der Waals surface area contributed by atoms with Gasteiger partial charge in [-0.15, -0.1) is 5.10 Å². The van der Waals surface area contributed by atoms with Crippen LogP contribution in [0, 0.1) is 0 Å². The number of alkyl halides is 1. The van der Waals surface area contributed by atoms with E-state index in [4.69, 9.17) is 9.47 Å². The molecule has 1 fully saturated rings. The number of ether oxygens (including phenoxy) is 2. The van der Waals surface area contributed by atoms with Gasteiger partial charge in [0.25, 0.3) is 5.56 Å². The summed E-state index contributed by atoms with van der Waals surface area (Å²) in [6.07, 6.45) is -1.10. The molecule has 0 spiro atoms. The number of halogens is 2. The predicted octanol–water partition coefficient (Wildman–Crippen LogP) is 3.71. The van der Waals surface area contributed by atoms with Crippen molar-refractivity contribution in [3.63, 3.8) is 0 Å². The summed E-state index contributed by atoms with van der Waals surface area (Å²) in [5.41, 5.74) is 0.681. The van der Waals surface area contributed by atoms with Crippen LogP contribution < -0.4 is 15.0 Å². The minimum absolute atomic E-state index is 0.219. The highest BCUT2D eigenvalue weighted by Gasteiger charge is 2.41. The van der Waals surface area contributed by atoms with Crippen LogP contribution in [0.3, 0.4) is 0 Å². The van der Waals surface area contributed by atoms with Gasteiger partial charge in [0.05, 0.1) is 24.4 Å². The molecule has 7 heteroatoms. The van der Waals surface area contributed by atoms with E-state index in [1.807, 2.05) is 24.3 Å². The number of benzene rings is 2. The van der Waals surface area contributed by atoms with Crippen molar-refractivity contribution in [3.8, 4) is 11.6 Å². The number of rotatable bonds is 5. The van der Waals surface area contributed by atoms with Gasteiger partial charge in [-0.1, -0.05) is 28.1 Å². The SMILES string of the molecule is COc1ccc(Cn2nc(OC3C[C@@H]3F)c3cc(Br)ccc3c2=O)cc1. The third kappa shape index (κ3) is 3.31. The van der Waals surface area contributed by atoms with E-state index < -0.39 is 12.3 Å². The monoisotopic (exact) mass is 418 g/mol. The third-order valence-electron chi connectivity index (χ3n) is 4.30. The largest absolute Gasteiger partial charge is 0.497 e. The topological polar surface area (TPSA) is 53.4 Å². The van der Waals surface area contributed by atoms with Crippen LogP contribution in [0.1, 0.15) is 12.0 Å². The summed E-state index contributed by atoms with van der Waals surface area (Å²) in [6, 6.07) is 12.7. The van der Waals surface area contributed by atoms with E-state index in [1.54, 1.807) is 25.3 Å². The molecule has 1 aromatic heterocycles. The van der Waals surface area contributed by atoms with Crippen molar-refractivity contribution in [2.24, 2.45) is 0 Å². The molecule has 4 rings (SSSR count). The Morgan fingerprint density at radius 3 is 2.62 bits per heavy atom. The van der Waals surface area contributed by atoms with E-state index in [1.165, 1.54) is 4.68 Å². The summed E-state index contributed by atoms with van der Waals surface area (Å²) >= 11 is 3.39. The van der Waals surface area contributed by atoms with Gasteiger partial charge < -0.3 is 9.47 Å². The highest BCUT2D eigenvalue weighted by Crippen LogP contribution is 2.33. The Labute approximate surface area is 157 Å². The van der Waals surface area contributed by atoms with Crippen molar-refractivity contribution >= 4 is 26.7 Å². The van der Waals surface area contributed by atoms with Crippen molar-refractivity contribution in [3.05, 3.63) is 62.9 Å². The lowest BCUT2D eigenvalue weighted by atomic mass is 10.2. The first-order valence-corrected chi connectivity index (χ1v) is 8.98. The van der Waals surface area contributed by atoms with Crippen LogP contribution in [0.25, 0.3) is 10.8 Å². The zero-order chi connectivity index (χ0) is 18.3. The highest BCUT2D eigenvalue weighted by molar-refractivity contribution is 9.10. The first kappa shape index (κ1) is 17.0. The van der Waals surface area contributed by atoms with Gasteiger partial charge in [-0.05, 0) is 35.9 Å². The summed E-state index contributed by atoms with van der Waals surface area (Å²) in [5.74, 6) is 1.02. The van der Waals surface area contributed by atoms with Gasteiger partial charge in [-0.3, -0.25) is 4.79 Å². The standard InChI is InChI=1S/C19H16BrFN2O3/c1-25-13-5-2-11(3-6-13)10-23-19(24)14-7-4-12(20)8-15(14)18(22-23)26-17-9-16(17)21/h2-8,16-17H,9-10H2,1H3/t16-,17?/m0/s1. The second-order valence-corrected chi connectivity index (χ2v) is 7.13. The lowest BCUT2D eigenvalue weighted by Gasteiger charge is -2.12. The molecule has 1 aliphatic carbocycles. The summed E-state index contributed by atoms with van der Waals surface area (Å²) in [5, 5.41) is 5.42. The molecule has 1 saturated carbocycles. The smallest absolute Gasteiger partial charge is 0.275 e.